The smallest absolute Gasteiger partial charge is 0.252 e. The zero-order valence-electron chi connectivity index (χ0n) is 8.98. The normalized spacial score (nSPS) is 17.7. The number of fused-ring (bicyclic) bond motifs is 1. The maximum Gasteiger partial charge on any atom is 0.252 e. The molecule has 17 heavy (non-hydrogen) atoms. The average Bonchev–Trinajstić information content (AvgIpc) is 2.68. The molecule has 0 fully saturated rings. The van der Waals surface area contributed by atoms with Gasteiger partial charge in [0.25, 0.3) is 5.91 Å². The summed E-state index contributed by atoms with van der Waals surface area (Å²) in [4.78, 5) is 11.8. The Labute approximate surface area is 104 Å². The zero-order valence-corrected chi connectivity index (χ0v) is 9.74. The molecule has 1 aliphatic heterocycles. The van der Waals surface area contributed by atoms with Gasteiger partial charge in [0, 0.05) is 10.6 Å². The van der Waals surface area contributed by atoms with Crippen molar-refractivity contribution >= 4 is 17.5 Å². The number of carbonyl (C=O) groups is 1. The summed E-state index contributed by atoms with van der Waals surface area (Å²) in [6.45, 7) is 0. The molecule has 1 atom stereocenters. The van der Waals surface area contributed by atoms with Crippen molar-refractivity contribution in [3.8, 4) is 0 Å². The lowest BCUT2D eigenvalue weighted by Gasteiger charge is -2.13. The number of hydrogen-bond acceptors (Lipinski definition) is 1. The van der Waals surface area contributed by atoms with Crippen LogP contribution in [0.3, 0.4) is 0 Å². The maximum absolute atomic E-state index is 11.8. The first kappa shape index (κ1) is 10.4. The third kappa shape index (κ3) is 1.61. The molecule has 1 unspecified atom stereocenters. The lowest BCUT2D eigenvalue weighted by atomic mass is 9.98. The van der Waals surface area contributed by atoms with E-state index in [0.717, 1.165) is 16.7 Å². The largest absolute Gasteiger partial charge is 0.341 e. The highest BCUT2D eigenvalue weighted by atomic mass is 35.5. The molecule has 0 aliphatic carbocycles. The monoisotopic (exact) mass is 243 g/mol. The number of benzene rings is 2. The Balaban J connectivity index is 2.14. The van der Waals surface area contributed by atoms with Gasteiger partial charge < -0.3 is 5.32 Å². The fourth-order valence-corrected chi connectivity index (χ4v) is 2.44. The fraction of sp³-hybridized carbons (Fsp3) is 0.0714. The predicted molar refractivity (Wildman–Crippen MR) is 67.2 cm³/mol. The first-order valence-electron chi connectivity index (χ1n) is 5.41. The molecule has 0 spiro atoms. The highest BCUT2D eigenvalue weighted by Crippen LogP contribution is 2.33. The predicted octanol–water partition coefficient (Wildman–Crippen LogP) is 3.17. The number of carbonyl (C=O) groups excluding carboxylic acids is 1. The molecule has 1 aliphatic rings. The second-order valence-electron chi connectivity index (χ2n) is 4.02. The van der Waals surface area contributed by atoms with Gasteiger partial charge in [0.1, 0.15) is 0 Å². The molecule has 2 aromatic rings. The molecule has 2 nitrogen and oxygen atoms in total. The standard InChI is InChI=1S/C14H10ClNO/c15-12-8-4-3-7-11(12)13-9-5-1-2-6-10(9)14(17)16-13/h1-8,13H,(H,16,17). The van der Waals surface area contributed by atoms with Gasteiger partial charge in [-0.15, -0.1) is 0 Å². The number of amides is 1. The van der Waals surface area contributed by atoms with Gasteiger partial charge in [-0.1, -0.05) is 48.0 Å². The topological polar surface area (TPSA) is 29.1 Å². The van der Waals surface area contributed by atoms with Gasteiger partial charge in [0.2, 0.25) is 0 Å². The van der Waals surface area contributed by atoms with E-state index in [1.807, 2.05) is 48.5 Å². The summed E-state index contributed by atoms with van der Waals surface area (Å²) in [6.07, 6.45) is 0. The van der Waals surface area contributed by atoms with E-state index < -0.39 is 0 Å². The molecule has 3 heteroatoms. The maximum atomic E-state index is 11.8. The van der Waals surface area contributed by atoms with Crippen LogP contribution in [0.5, 0.6) is 0 Å². The lowest BCUT2D eigenvalue weighted by molar-refractivity contribution is 0.0960. The van der Waals surface area contributed by atoms with E-state index >= 15 is 0 Å². The molecule has 1 N–H and O–H groups in total. The van der Waals surface area contributed by atoms with Crippen LogP contribution in [-0.4, -0.2) is 5.91 Å². The highest BCUT2D eigenvalue weighted by molar-refractivity contribution is 6.31. The fourth-order valence-electron chi connectivity index (χ4n) is 2.20. The second kappa shape index (κ2) is 3.90. The minimum absolute atomic E-state index is 0.0366. The molecule has 0 saturated heterocycles. The summed E-state index contributed by atoms with van der Waals surface area (Å²) in [6, 6.07) is 15.0. The van der Waals surface area contributed by atoms with Crippen LogP contribution in [0.4, 0.5) is 0 Å². The van der Waals surface area contributed by atoms with E-state index in [9.17, 15) is 4.79 Å². The number of rotatable bonds is 1. The summed E-state index contributed by atoms with van der Waals surface area (Å²) in [7, 11) is 0. The highest BCUT2D eigenvalue weighted by Gasteiger charge is 2.29. The van der Waals surface area contributed by atoms with Crippen LogP contribution < -0.4 is 5.32 Å². The van der Waals surface area contributed by atoms with E-state index in [1.54, 1.807) is 0 Å². The van der Waals surface area contributed by atoms with Crippen LogP contribution in [0.25, 0.3) is 0 Å². The van der Waals surface area contributed by atoms with E-state index in [0.29, 0.717) is 5.02 Å². The number of hydrogen-bond donors (Lipinski definition) is 1. The summed E-state index contributed by atoms with van der Waals surface area (Å²) in [5, 5.41) is 3.63. The summed E-state index contributed by atoms with van der Waals surface area (Å²) < 4.78 is 0. The molecule has 3 rings (SSSR count). The quantitative estimate of drug-likeness (QED) is 0.819. The Hall–Kier alpha value is -1.80. The van der Waals surface area contributed by atoms with Gasteiger partial charge >= 0.3 is 0 Å². The van der Waals surface area contributed by atoms with Gasteiger partial charge in [0.05, 0.1) is 6.04 Å². The molecule has 0 aromatic heterocycles. The van der Waals surface area contributed by atoms with Crippen molar-refractivity contribution in [2.24, 2.45) is 0 Å². The van der Waals surface area contributed by atoms with Crippen molar-refractivity contribution < 1.29 is 4.79 Å². The van der Waals surface area contributed by atoms with Gasteiger partial charge in [-0.2, -0.15) is 0 Å². The lowest BCUT2D eigenvalue weighted by Crippen LogP contribution is -2.20. The number of halogens is 1. The van der Waals surface area contributed by atoms with Crippen molar-refractivity contribution in [3.05, 3.63) is 70.2 Å². The van der Waals surface area contributed by atoms with E-state index in [4.69, 9.17) is 11.6 Å². The Bertz CT molecular complexity index is 594. The average molecular weight is 244 g/mol. The van der Waals surface area contributed by atoms with Crippen molar-refractivity contribution in [1.29, 1.82) is 0 Å². The molecule has 0 radical (unpaired) electrons. The molecule has 84 valence electrons. The van der Waals surface area contributed by atoms with Crippen molar-refractivity contribution in [1.82, 2.24) is 5.32 Å². The van der Waals surface area contributed by atoms with E-state index in [-0.39, 0.29) is 11.9 Å². The Kier molecular flexibility index (Phi) is 2.37. The molecule has 0 bridgehead atoms. The van der Waals surface area contributed by atoms with Crippen molar-refractivity contribution in [2.75, 3.05) is 0 Å². The van der Waals surface area contributed by atoms with Crippen LogP contribution in [0, 0.1) is 0 Å². The Morgan fingerprint density at radius 1 is 0.941 bits per heavy atom. The van der Waals surface area contributed by atoms with Crippen LogP contribution >= 0.6 is 11.6 Å². The molecular formula is C14H10ClNO. The minimum Gasteiger partial charge on any atom is -0.341 e. The first-order chi connectivity index (χ1) is 8.27. The van der Waals surface area contributed by atoms with Crippen molar-refractivity contribution in [2.45, 2.75) is 6.04 Å². The van der Waals surface area contributed by atoms with Crippen LogP contribution in [0.2, 0.25) is 5.02 Å². The molecule has 1 heterocycles. The molecule has 0 saturated carbocycles. The van der Waals surface area contributed by atoms with Gasteiger partial charge in [-0.25, -0.2) is 0 Å². The zero-order chi connectivity index (χ0) is 11.8. The second-order valence-corrected chi connectivity index (χ2v) is 4.42. The van der Waals surface area contributed by atoms with E-state index in [2.05, 4.69) is 5.32 Å². The third-order valence-corrected chi connectivity index (χ3v) is 3.35. The summed E-state index contributed by atoms with van der Waals surface area (Å²) >= 11 is 6.17. The Morgan fingerprint density at radius 3 is 2.35 bits per heavy atom. The van der Waals surface area contributed by atoms with Gasteiger partial charge in [0.15, 0.2) is 0 Å². The third-order valence-electron chi connectivity index (χ3n) is 3.01. The number of nitrogens with one attached hydrogen (secondary N) is 1. The molecule has 2 aromatic carbocycles. The molecular weight excluding hydrogens is 234 g/mol. The van der Waals surface area contributed by atoms with Crippen LogP contribution in [0.15, 0.2) is 48.5 Å². The molecule has 1 amide bonds. The SMILES string of the molecule is O=C1NC(c2ccccc2Cl)c2ccccc21. The van der Waals surface area contributed by atoms with Crippen molar-refractivity contribution in [3.63, 3.8) is 0 Å². The Morgan fingerprint density at radius 2 is 1.59 bits per heavy atom. The summed E-state index contributed by atoms with van der Waals surface area (Å²) in [5.41, 5.74) is 2.66. The summed E-state index contributed by atoms with van der Waals surface area (Å²) in [5.74, 6) is -0.0366. The van der Waals surface area contributed by atoms with E-state index in [1.165, 1.54) is 0 Å². The van der Waals surface area contributed by atoms with Gasteiger partial charge in [-0.05, 0) is 23.3 Å². The van der Waals surface area contributed by atoms with Crippen LogP contribution in [-0.2, 0) is 0 Å². The van der Waals surface area contributed by atoms with Crippen LogP contribution in [0.1, 0.15) is 27.5 Å². The van der Waals surface area contributed by atoms with Gasteiger partial charge in [-0.3, -0.25) is 4.79 Å². The first-order valence-corrected chi connectivity index (χ1v) is 5.79. The minimum atomic E-state index is -0.132.